The summed E-state index contributed by atoms with van der Waals surface area (Å²) in [6.07, 6.45) is -3.01. The second-order valence-corrected chi connectivity index (χ2v) is 10.4. The van der Waals surface area contributed by atoms with E-state index in [0.717, 1.165) is 17.1 Å². The Bertz CT molecular complexity index is 1330. The van der Waals surface area contributed by atoms with Gasteiger partial charge in [-0.05, 0) is 30.7 Å². The number of piperazine rings is 1. The van der Waals surface area contributed by atoms with Gasteiger partial charge in [0, 0.05) is 56.9 Å². The van der Waals surface area contributed by atoms with Crippen LogP contribution in [0.25, 0.3) is 5.69 Å². The first-order valence-electron chi connectivity index (χ1n) is 12.4. The maximum atomic E-state index is 13.6. The van der Waals surface area contributed by atoms with E-state index >= 15 is 0 Å². The summed E-state index contributed by atoms with van der Waals surface area (Å²) >= 11 is 6.34. The van der Waals surface area contributed by atoms with Crippen LogP contribution >= 0.6 is 11.6 Å². The molecule has 0 saturated carbocycles. The highest BCUT2D eigenvalue weighted by Gasteiger charge is 2.40. The van der Waals surface area contributed by atoms with Crippen molar-refractivity contribution in [3.8, 4) is 5.69 Å². The molecule has 0 aliphatic carbocycles. The Labute approximate surface area is 221 Å². The van der Waals surface area contributed by atoms with E-state index < -0.39 is 18.5 Å². The molecule has 0 N–H and O–H groups in total. The number of benzene rings is 1. The molecule has 0 spiro atoms. The van der Waals surface area contributed by atoms with Crippen LogP contribution in [0.5, 0.6) is 0 Å². The smallest absolute Gasteiger partial charge is 0.337 e. The Morgan fingerprint density at radius 1 is 1.03 bits per heavy atom. The minimum atomic E-state index is -4.20. The fourth-order valence-electron chi connectivity index (χ4n) is 5.33. The topological polar surface area (TPSA) is 69.5 Å². The van der Waals surface area contributed by atoms with E-state index in [0.29, 0.717) is 75.0 Å². The first-order chi connectivity index (χ1) is 18.1. The molecule has 0 radical (unpaired) electrons. The average Bonchev–Trinajstić information content (AvgIpc) is 3.18. The van der Waals surface area contributed by atoms with Gasteiger partial charge in [-0.3, -0.25) is 14.4 Å². The van der Waals surface area contributed by atoms with Crippen LogP contribution in [-0.4, -0.2) is 92.6 Å². The van der Waals surface area contributed by atoms with Gasteiger partial charge in [0.2, 0.25) is 11.9 Å². The van der Waals surface area contributed by atoms with E-state index in [2.05, 4.69) is 30.0 Å². The predicted molar refractivity (Wildman–Crippen MR) is 133 cm³/mol. The van der Waals surface area contributed by atoms with E-state index in [1.54, 1.807) is 6.92 Å². The Balaban J connectivity index is 1.23. The van der Waals surface area contributed by atoms with Crippen LogP contribution in [0.3, 0.4) is 0 Å². The third-order valence-corrected chi connectivity index (χ3v) is 7.56. The minimum Gasteiger partial charge on any atom is -0.337 e. The molecule has 3 aliphatic rings. The molecule has 14 heteroatoms. The highest BCUT2D eigenvalue weighted by atomic mass is 35.5. The van der Waals surface area contributed by atoms with Gasteiger partial charge in [-0.2, -0.15) is 13.2 Å². The summed E-state index contributed by atoms with van der Waals surface area (Å²) in [5.74, 6) is 1.50. The van der Waals surface area contributed by atoms with Crippen molar-refractivity contribution in [2.24, 2.45) is 0 Å². The van der Waals surface area contributed by atoms with Crippen molar-refractivity contribution >= 4 is 23.5 Å². The number of alkyl halides is 3. The molecule has 202 valence electrons. The summed E-state index contributed by atoms with van der Waals surface area (Å²) in [7, 11) is 0. The summed E-state index contributed by atoms with van der Waals surface area (Å²) in [6.45, 7) is 4.98. The van der Waals surface area contributed by atoms with Gasteiger partial charge in [-0.25, -0.2) is 14.4 Å². The van der Waals surface area contributed by atoms with Crippen LogP contribution < -0.4 is 9.80 Å². The molecule has 1 aromatic carbocycles. The normalized spacial score (nSPS) is 19.2. The lowest BCUT2D eigenvalue weighted by Crippen LogP contribution is -2.60. The monoisotopic (exact) mass is 551 g/mol. The van der Waals surface area contributed by atoms with Crippen LogP contribution in [0, 0.1) is 12.7 Å². The third-order valence-electron chi connectivity index (χ3n) is 7.32. The van der Waals surface area contributed by atoms with Gasteiger partial charge < -0.3 is 9.80 Å². The van der Waals surface area contributed by atoms with E-state index in [1.165, 1.54) is 11.1 Å². The lowest BCUT2D eigenvalue weighted by atomic mass is 10.1. The lowest BCUT2D eigenvalue weighted by molar-refractivity contribution is -0.161. The van der Waals surface area contributed by atoms with Crippen molar-refractivity contribution < 1.29 is 17.6 Å². The highest BCUT2D eigenvalue weighted by molar-refractivity contribution is 6.30. The van der Waals surface area contributed by atoms with Crippen molar-refractivity contribution in [3.63, 3.8) is 0 Å². The number of nitrogens with zero attached hydrogens (tertiary/aromatic N) is 9. The molecule has 0 unspecified atom stereocenters. The van der Waals surface area contributed by atoms with Crippen LogP contribution in [-0.2, 0) is 13.1 Å². The van der Waals surface area contributed by atoms with Crippen LogP contribution in [0.4, 0.5) is 29.5 Å². The summed E-state index contributed by atoms with van der Waals surface area (Å²) in [5.41, 5.74) is 2.20. The summed E-state index contributed by atoms with van der Waals surface area (Å²) < 4.78 is 54.1. The molecule has 6 rings (SSSR count). The number of aryl methyl sites for hydroxylation is 1. The van der Waals surface area contributed by atoms with Crippen molar-refractivity contribution in [2.45, 2.75) is 32.2 Å². The van der Waals surface area contributed by atoms with E-state index in [-0.39, 0.29) is 6.04 Å². The van der Waals surface area contributed by atoms with Gasteiger partial charge in [0.05, 0.1) is 30.7 Å². The predicted octanol–water partition coefficient (Wildman–Crippen LogP) is 3.05. The van der Waals surface area contributed by atoms with Crippen LogP contribution in [0.15, 0.2) is 24.4 Å². The van der Waals surface area contributed by atoms with Crippen molar-refractivity contribution in [1.82, 2.24) is 34.5 Å². The Morgan fingerprint density at radius 2 is 1.76 bits per heavy atom. The molecule has 38 heavy (non-hydrogen) atoms. The second-order valence-electron chi connectivity index (χ2n) is 9.97. The molecular formula is C24H26ClF4N9. The number of rotatable bonds is 4. The SMILES string of the molecule is Cc1nc(N2CCN(c3nnc4n3-c3ccc(Cl)cc3CN(C3CN(CC(F)(F)F)C3)C4)CC2)ncc1F. The van der Waals surface area contributed by atoms with Gasteiger partial charge in [0.1, 0.15) is 0 Å². The van der Waals surface area contributed by atoms with Crippen LogP contribution in [0.2, 0.25) is 5.02 Å². The lowest BCUT2D eigenvalue weighted by Gasteiger charge is -2.45. The molecule has 3 aromatic rings. The number of aromatic nitrogens is 5. The van der Waals surface area contributed by atoms with Gasteiger partial charge >= 0.3 is 6.18 Å². The van der Waals surface area contributed by atoms with Crippen molar-refractivity contribution in [2.75, 3.05) is 55.6 Å². The molecule has 2 aromatic heterocycles. The zero-order valence-corrected chi connectivity index (χ0v) is 21.4. The number of halogens is 5. The first kappa shape index (κ1) is 25.3. The average molecular weight is 552 g/mol. The quantitative estimate of drug-likeness (QED) is 0.459. The standard InChI is InChI=1S/C24H26ClF4N9/c1-15-19(26)9-30-22(31-15)35-4-6-36(7-5-35)23-33-32-21-13-37(18-11-34(12-18)14-24(27,28)29)10-16-8-17(25)2-3-20(16)38(21)23/h2-3,8-9,18H,4-7,10-14H2,1H3. The van der Waals surface area contributed by atoms with E-state index in [9.17, 15) is 17.6 Å². The fourth-order valence-corrected chi connectivity index (χ4v) is 5.52. The summed E-state index contributed by atoms with van der Waals surface area (Å²) in [4.78, 5) is 16.1. The molecule has 0 amide bonds. The zero-order chi connectivity index (χ0) is 26.6. The molecule has 5 heterocycles. The second kappa shape index (κ2) is 9.62. The van der Waals surface area contributed by atoms with Crippen molar-refractivity contribution in [1.29, 1.82) is 0 Å². The number of hydrogen-bond acceptors (Lipinski definition) is 8. The maximum Gasteiger partial charge on any atom is 0.401 e. The largest absolute Gasteiger partial charge is 0.401 e. The van der Waals surface area contributed by atoms with Gasteiger partial charge in [0.25, 0.3) is 0 Å². The number of anilines is 2. The Morgan fingerprint density at radius 3 is 2.47 bits per heavy atom. The third kappa shape index (κ3) is 4.90. The molecule has 2 fully saturated rings. The molecule has 2 saturated heterocycles. The number of likely N-dealkylation sites (tertiary alicyclic amines) is 1. The molecular weight excluding hydrogens is 526 g/mol. The highest BCUT2D eigenvalue weighted by Crippen LogP contribution is 2.33. The molecule has 3 aliphatic heterocycles. The van der Waals surface area contributed by atoms with Crippen molar-refractivity contribution in [3.05, 3.63) is 52.3 Å². The van der Waals surface area contributed by atoms with Crippen LogP contribution in [0.1, 0.15) is 17.1 Å². The number of fused-ring (bicyclic) bond motifs is 3. The minimum absolute atomic E-state index is 0.0152. The van der Waals surface area contributed by atoms with E-state index in [1.807, 2.05) is 27.7 Å². The molecule has 0 atom stereocenters. The summed E-state index contributed by atoms with van der Waals surface area (Å²) in [5, 5.41) is 9.63. The first-order valence-corrected chi connectivity index (χ1v) is 12.8. The maximum absolute atomic E-state index is 13.6. The molecule has 0 bridgehead atoms. The Hall–Kier alpha value is -3.03. The molecule has 9 nitrogen and oxygen atoms in total. The van der Waals surface area contributed by atoms with E-state index in [4.69, 9.17) is 11.6 Å². The number of hydrogen-bond donors (Lipinski definition) is 0. The van der Waals surface area contributed by atoms with Gasteiger partial charge in [-0.1, -0.05) is 11.6 Å². The van der Waals surface area contributed by atoms with Gasteiger partial charge in [0.15, 0.2) is 11.6 Å². The summed E-state index contributed by atoms with van der Waals surface area (Å²) in [6, 6.07) is 5.66. The fraction of sp³-hybridized carbons (Fsp3) is 0.500. The zero-order valence-electron chi connectivity index (χ0n) is 20.7. The van der Waals surface area contributed by atoms with Gasteiger partial charge in [-0.15, -0.1) is 10.2 Å². The Kier molecular flexibility index (Phi) is 6.39.